The van der Waals surface area contributed by atoms with E-state index < -0.39 is 0 Å². The molecule has 1 aliphatic heterocycles. The second-order valence-corrected chi connectivity index (χ2v) is 4.77. The van der Waals surface area contributed by atoms with Gasteiger partial charge in [0.1, 0.15) is 0 Å². The lowest BCUT2D eigenvalue weighted by Crippen LogP contribution is -2.23. The van der Waals surface area contributed by atoms with Crippen molar-refractivity contribution in [1.82, 2.24) is 9.88 Å². The van der Waals surface area contributed by atoms with Gasteiger partial charge in [-0.2, -0.15) is 0 Å². The van der Waals surface area contributed by atoms with Crippen molar-refractivity contribution < 1.29 is 0 Å². The summed E-state index contributed by atoms with van der Waals surface area (Å²) in [6.07, 6.45) is 3.06. The number of hydrogen-bond donors (Lipinski definition) is 1. The predicted molar refractivity (Wildman–Crippen MR) is 71.3 cm³/mol. The summed E-state index contributed by atoms with van der Waals surface area (Å²) in [5.41, 5.74) is 2.23. The summed E-state index contributed by atoms with van der Waals surface area (Å²) in [5.74, 6) is 0. The van der Waals surface area contributed by atoms with E-state index in [0.717, 1.165) is 17.7 Å². The number of likely N-dealkylation sites (N-methyl/N-ethyl adjacent to an activating group) is 1. The molecule has 0 saturated carbocycles. The molecule has 1 aromatic heterocycles. The van der Waals surface area contributed by atoms with Crippen molar-refractivity contribution in [1.29, 1.82) is 0 Å². The Bertz CT molecular complexity index is 518. The lowest BCUT2D eigenvalue weighted by Gasteiger charge is -2.15. The lowest BCUT2D eigenvalue weighted by molar-refractivity contribution is 0.414. The first-order valence-corrected chi connectivity index (χ1v) is 6.12. The molecule has 0 spiro atoms. The number of nitrogens with zero attached hydrogens (tertiary/aromatic N) is 2. The van der Waals surface area contributed by atoms with Gasteiger partial charge in [0.15, 0.2) is 0 Å². The number of benzene rings is 1. The van der Waals surface area contributed by atoms with Gasteiger partial charge in [-0.15, -0.1) is 0 Å². The normalized spacial score (nSPS) is 20.9. The van der Waals surface area contributed by atoms with Crippen LogP contribution in [0.3, 0.4) is 0 Å². The average Bonchev–Trinajstić information content (AvgIpc) is 2.75. The van der Waals surface area contributed by atoms with Gasteiger partial charge in [-0.25, -0.2) is 0 Å². The fourth-order valence-corrected chi connectivity index (χ4v) is 2.49. The van der Waals surface area contributed by atoms with Crippen LogP contribution in [0.1, 0.15) is 6.42 Å². The maximum Gasteiger partial charge on any atom is 0.0933 e. The number of para-hydroxylation sites is 1. The van der Waals surface area contributed by atoms with E-state index in [1.807, 2.05) is 12.3 Å². The third-order valence-corrected chi connectivity index (χ3v) is 3.38. The highest BCUT2D eigenvalue weighted by molar-refractivity contribution is 5.90. The molecule has 2 aromatic rings. The largest absolute Gasteiger partial charge is 0.379 e. The Hall–Kier alpha value is -1.61. The molecule has 0 radical (unpaired) electrons. The van der Waals surface area contributed by atoms with E-state index in [1.165, 1.54) is 18.4 Å². The highest BCUT2D eigenvalue weighted by atomic mass is 15.2. The van der Waals surface area contributed by atoms with Crippen LogP contribution < -0.4 is 5.32 Å². The molecule has 3 rings (SSSR count). The highest BCUT2D eigenvalue weighted by Crippen LogP contribution is 2.23. The minimum Gasteiger partial charge on any atom is -0.379 e. The van der Waals surface area contributed by atoms with Gasteiger partial charge in [0, 0.05) is 24.2 Å². The summed E-state index contributed by atoms with van der Waals surface area (Å²) in [6.45, 7) is 2.29. The monoisotopic (exact) mass is 227 g/mol. The zero-order chi connectivity index (χ0) is 11.7. The van der Waals surface area contributed by atoms with Crippen molar-refractivity contribution in [2.75, 3.05) is 25.5 Å². The number of anilines is 1. The summed E-state index contributed by atoms with van der Waals surface area (Å²) in [5, 5.41) is 4.81. The quantitative estimate of drug-likeness (QED) is 0.853. The first kappa shape index (κ1) is 10.5. The van der Waals surface area contributed by atoms with Gasteiger partial charge in [0.25, 0.3) is 0 Å². The van der Waals surface area contributed by atoms with Gasteiger partial charge in [-0.05, 0) is 32.1 Å². The van der Waals surface area contributed by atoms with E-state index in [2.05, 4.69) is 46.5 Å². The number of fused-ring (bicyclic) bond motifs is 1. The van der Waals surface area contributed by atoms with E-state index in [-0.39, 0.29) is 0 Å². The molecule has 1 unspecified atom stereocenters. The Labute approximate surface area is 101 Å². The van der Waals surface area contributed by atoms with Gasteiger partial charge in [-0.1, -0.05) is 18.2 Å². The number of likely N-dealkylation sites (tertiary alicyclic amines) is 1. The number of aromatic nitrogens is 1. The molecule has 1 atom stereocenters. The second kappa shape index (κ2) is 4.34. The number of rotatable bonds is 2. The summed E-state index contributed by atoms with van der Waals surface area (Å²) < 4.78 is 0. The van der Waals surface area contributed by atoms with Gasteiger partial charge >= 0.3 is 0 Å². The Kier molecular flexibility index (Phi) is 2.69. The van der Waals surface area contributed by atoms with E-state index in [1.54, 1.807) is 0 Å². The Morgan fingerprint density at radius 2 is 2.18 bits per heavy atom. The Morgan fingerprint density at radius 1 is 1.29 bits per heavy atom. The SMILES string of the molecule is CN1CCC(Nc2cccc3cccnc23)C1. The van der Waals surface area contributed by atoms with E-state index in [9.17, 15) is 0 Å². The number of pyridine rings is 1. The molecular weight excluding hydrogens is 210 g/mol. The van der Waals surface area contributed by atoms with Crippen molar-refractivity contribution >= 4 is 16.6 Å². The summed E-state index contributed by atoms with van der Waals surface area (Å²) in [4.78, 5) is 6.82. The van der Waals surface area contributed by atoms with E-state index in [4.69, 9.17) is 0 Å². The van der Waals surface area contributed by atoms with Gasteiger partial charge < -0.3 is 10.2 Å². The Morgan fingerprint density at radius 3 is 3.00 bits per heavy atom. The molecule has 0 amide bonds. The van der Waals surface area contributed by atoms with Crippen LogP contribution in [-0.2, 0) is 0 Å². The van der Waals surface area contributed by atoms with Crippen LogP contribution in [0.5, 0.6) is 0 Å². The maximum atomic E-state index is 4.47. The van der Waals surface area contributed by atoms with Gasteiger partial charge in [-0.3, -0.25) is 4.98 Å². The van der Waals surface area contributed by atoms with Gasteiger partial charge in [0.2, 0.25) is 0 Å². The molecule has 0 aliphatic carbocycles. The standard InChI is InChI=1S/C14H17N3/c1-17-9-7-12(10-17)16-13-6-2-4-11-5-3-8-15-14(11)13/h2-6,8,12,16H,7,9-10H2,1H3. The van der Waals surface area contributed by atoms with Crippen LogP contribution in [0.4, 0.5) is 5.69 Å². The van der Waals surface area contributed by atoms with Crippen LogP contribution in [0, 0.1) is 0 Å². The number of hydrogen-bond acceptors (Lipinski definition) is 3. The topological polar surface area (TPSA) is 28.2 Å². The molecule has 0 bridgehead atoms. The number of nitrogens with one attached hydrogen (secondary N) is 1. The second-order valence-electron chi connectivity index (χ2n) is 4.77. The molecule has 1 N–H and O–H groups in total. The van der Waals surface area contributed by atoms with E-state index in [0.29, 0.717) is 6.04 Å². The van der Waals surface area contributed by atoms with Crippen molar-refractivity contribution in [3.63, 3.8) is 0 Å². The molecule has 1 fully saturated rings. The summed E-state index contributed by atoms with van der Waals surface area (Å²) in [6, 6.07) is 10.9. The third-order valence-electron chi connectivity index (χ3n) is 3.38. The highest BCUT2D eigenvalue weighted by Gasteiger charge is 2.19. The fourth-order valence-electron chi connectivity index (χ4n) is 2.49. The maximum absolute atomic E-state index is 4.47. The smallest absolute Gasteiger partial charge is 0.0933 e. The molecule has 17 heavy (non-hydrogen) atoms. The Balaban J connectivity index is 1.90. The van der Waals surface area contributed by atoms with Crippen LogP contribution >= 0.6 is 0 Å². The van der Waals surface area contributed by atoms with Crippen molar-refractivity contribution in [3.05, 3.63) is 36.5 Å². The zero-order valence-corrected chi connectivity index (χ0v) is 10.1. The first-order valence-electron chi connectivity index (χ1n) is 6.12. The zero-order valence-electron chi connectivity index (χ0n) is 10.1. The lowest BCUT2D eigenvalue weighted by atomic mass is 10.1. The summed E-state index contributed by atoms with van der Waals surface area (Å²) in [7, 11) is 2.17. The molecule has 1 saturated heterocycles. The molecule has 1 aromatic carbocycles. The van der Waals surface area contributed by atoms with Crippen LogP contribution in [0.2, 0.25) is 0 Å². The van der Waals surface area contributed by atoms with Crippen molar-refractivity contribution in [2.45, 2.75) is 12.5 Å². The van der Waals surface area contributed by atoms with E-state index >= 15 is 0 Å². The minimum atomic E-state index is 0.549. The first-order chi connectivity index (χ1) is 8.33. The predicted octanol–water partition coefficient (Wildman–Crippen LogP) is 2.35. The molecule has 3 nitrogen and oxygen atoms in total. The average molecular weight is 227 g/mol. The van der Waals surface area contributed by atoms with Crippen molar-refractivity contribution in [3.8, 4) is 0 Å². The van der Waals surface area contributed by atoms with Crippen LogP contribution in [-0.4, -0.2) is 36.1 Å². The van der Waals surface area contributed by atoms with Crippen LogP contribution in [0.25, 0.3) is 10.9 Å². The molecule has 1 aliphatic rings. The van der Waals surface area contributed by atoms with Gasteiger partial charge in [0.05, 0.1) is 11.2 Å². The molecule has 3 heteroatoms. The fraction of sp³-hybridized carbons (Fsp3) is 0.357. The minimum absolute atomic E-state index is 0.549. The van der Waals surface area contributed by atoms with Crippen LogP contribution in [0.15, 0.2) is 36.5 Å². The molecular formula is C14H17N3. The molecule has 2 heterocycles. The molecule has 88 valence electrons. The third kappa shape index (κ3) is 2.11. The van der Waals surface area contributed by atoms with Crippen molar-refractivity contribution in [2.24, 2.45) is 0 Å². The summed E-state index contributed by atoms with van der Waals surface area (Å²) >= 11 is 0.